The molecule has 2 rings (SSSR count). The molecule has 3 heteroatoms. The molecule has 0 bridgehead atoms. The van der Waals surface area contributed by atoms with Crippen molar-refractivity contribution in [1.82, 2.24) is 4.90 Å². The highest BCUT2D eigenvalue weighted by Crippen LogP contribution is 2.17. The first-order chi connectivity index (χ1) is 7.24. The van der Waals surface area contributed by atoms with E-state index in [1.807, 2.05) is 24.3 Å². The van der Waals surface area contributed by atoms with E-state index in [0.29, 0.717) is 6.04 Å². The minimum atomic E-state index is 0.574. The van der Waals surface area contributed by atoms with Crippen LogP contribution in [0.15, 0.2) is 24.3 Å². The highest BCUT2D eigenvalue weighted by Gasteiger charge is 2.16. The molecular formula is C12H17ClN2. The highest BCUT2D eigenvalue weighted by atomic mass is 35.5. The zero-order chi connectivity index (χ0) is 10.7. The molecular weight excluding hydrogens is 208 g/mol. The van der Waals surface area contributed by atoms with Crippen LogP contribution in [-0.2, 0) is 0 Å². The number of rotatable bonds is 2. The topological polar surface area (TPSA) is 15.3 Å². The van der Waals surface area contributed by atoms with Gasteiger partial charge in [0.15, 0.2) is 0 Å². The quantitative estimate of drug-likeness (QED) is 0.831. The minimum Gasteiger partial charge on any atom is -0.381 e. The molecule has 0 saturated carbocycles. The zero-order valence-corrected chi connectivity index (χ0v) is 9.80. The Bertz CT molecular complexity index is 310. The third-order valence-electron chi connectivity index (χ3n) is 2.84. The van der Waals surface area contributed by atoms with Crippen molar-refractivity contribution in [3.05, 3.63) is 29.3 Å². The molecule has 1 aromatic carbocycles. The zero-order valence-electron chi connectivity index (χ0n) is 9.04. The van der Waals surface area contributed by atoms with E-state index >= 15 is 0 Å². The number of anilines is 1. The number of nitrogens with zero attached hydrogens (tertiary/aromatic N) is 1. The van der Waals surface area contributed by atoms with Crippen LogP contribution in [0.1, 0.15) is 12.8 Å². The Labute approximate surface area is 96.2 Å². The van der Waals surface area contributed by atoms with Gasteiger partial charge in [-0.2, -0.15) is 0 Å². The largest absolute Gasteiger partial charge is 0.381 e. The average molecular weight is 225 g/mol. The van der Waals surface area contributed by atoms with Crippen LogP contribution in [0.2, 0.25) is 5.02 Å². The van der Waals surface area contributed by atoms with Crippen LogP contribution in [0.3, 0.4) is 0 Å². The SMILES string of the molecule is CN1CCCC(Nc2ccc(Cl)cc2)C1. The van der Waals surface area contributed by atoms with Crippen molar-refractivity contribution in [2.75, 3.05) is 25.5 Å². The van der Waals surface area contributed by atoms with Gasteiger partial charge in [-0.1, -0.05) is 11.6 Å². The van der Waals surface area contributed by atoms with Gasteiger partial charge in [-0.3, -0.25) is 0 Å². The maximum Gasteiger partial charge on any atom is 0.0407 e. The summed E-state index contributed by atoms with van der Waals surface area (Å²) in [5.41, 5.74) is 1.17. The molecule has 0 spiro atoms. The van der Waals surface area contributed by atoms with E-state index in [-0.39, 0.29) is 0 Å². The summed E-state index contributed by atoms with van der Waals surface area (Å²) in [7, 11) is 2.18. The maximum absolute atomic E-state index is 5.84. The Hall–Kier alpha value is -0.730. The normalized spacial score (nSPS) is 22.7. The Balaban J connectivity index is 1.93. The van der Waals surface area contributed by atoms with E-state index in [1.54, 1.807) is 0 Å². The lowest BCUT2D eigenvalue weighted by Gasteiger charge is -2.30. The first-order valence-electron chi connectivity index (χ1n) is 5.45. The van der Waals surface area contributed by atoms with E-state index in [2.05, 4.69) is 17.3 Å². The van der Waals surface area contributed by atoms with Crippen LogP contribution in [0.4, 0.5) is 5.69 Å². The van der Waals surface area contributed by atoms with Crippen LogP contribution in [0, 0.1) is 0 Å². The summed E-state index contributed by atoms with van der Waals surface area (Å²) in [4.78, 5) is 2.37. The summed E-state index contributed by atoms with van der Waals surface area (Å²) in [5.74, 6) is 0. The molecule has 1 atom stereocenters. The van der Waals surface area contributed by atoms with Gasteiger partial charge in [0.25, 0.3) is 0 Å². The van der Waals surface area contributed by atoms with E-state index in [9.17, 15) is 0 Å². The molecule has 0 aliphatic carbocycles. The van der Waals surface area contributed by atoms with Gasteiger partial charge in [0.1, 0.15) is 0 Å². The molecule has 0 aromatic heterocycles. The number of hydrogen-bond donors (Lipinski definition) is 1. The molecule has 1 aliphatic heterocycles. The molecule has 1 aromatic rings. The van der Waals surface area contributed by atoms with Crippen molar-refractivity contribution in [3.63, 3.8) is 0 Å². The predicted octanol–water partition coefficient (Wildman–Crippen LogP) is 2.85. The van der Waals surface area contributed by atoms with Gasteiger partial charge in [0.05, 0.1) is 0 Å². The third kappa shape index (κ3) is 3.11. The monoisotopic (exact) mass is 224 g/mol. The van der Waals surface area contributed by atoms with Crippen LogP contribution < -0.4 is 5.32 Å². The molecule has 82 valence electrons. The Morgan fingerprint density at radius 1 is 1.33 bits per heavy atom. The lowest BCUT2D eigenvalue weighted by molar-refractivity contribution is 0.261. The summed E-state index contributed by atoms with van der Waals surface area (Å²) in [6.45, 7) is 2.35. The van der Waals surface area contributed by atoms with Crippen molar-refractivity contribution in [3.8, 4) is 0 Å². The van der Waals surface area contributed by atoms with Gasteiger partial charge >= 0.3 is 0 Å². The van der Waals surface area contributed by atoms with Crippen molar-refractivity contribution in [2.45, 2.75) is 18.9 Å². The first-order valence-corrected chi connectivity index (χ1v) is 5.82. The summed E-state index contributed by atoms with van der Waals surface area (Å²) in [6, 6.07) is 8.51. The molecule has 1 aliphatic rings. The number of hydrogen-bond acceptors (Lipinski definition) is 2. The molecule has 1 N–H and O–H groups in total. The van der Waals surface area contributed by atoms with E-state index in [4.69, 9.17) is 11.6 Å². The van der Waals surface area contributed by atoms with Gasteiger partial charge in [-0.05, 0) is 50.7 Å². The average Bonchev–Trinajstić information content (AvgIpc) is 2.22. The van der Waals surface area contributed by atoms with Crippen LogP contribution in [0.5, 0.6) is 0 Å². The van der Waals surface area contributed by atoms with Crippen LogP contribution in [0.25, 0.3) is 0 Å². The second-order valence-corrected chi connectivity index (χ2v) is 4.69. The molecule has 1 unspecified atom stereocenters. The highest BCUT2D eigenvalue weighted by molar-refractivity contribution is 6.30. The fraction of sp³-hybridized carbons (Fsp3) is 0.500. The molecule has 1 fully saturated rings. The Morgan fingerprint density at radius 2 is 2.07 bits per heavy atom. The van der Waals surface area contributed by atoms with E-state index < -0.39 is 0 Å². The number of benzene rings is 1. The van der Waals surface area contributed by atoms with E-state index in [1.165, 1.54) is 25.1 Å². The molecule has 0 radical (unpaired) electrons. The standard InChI is InChI=1S/C12H17ClN2/c1-15-8-2-3-12(9-15)14-11-6-4-10(13)5-7-11/h4-7,12,14H,2-3,8-9H2,1H3. The molecule has 2 nitrogen and oxygen atoms in total. The molecule has 0 amide bonds. The molecule has 1 heterocycles. The summed E-state index contributed by atoms with van der Waals surface area (Å²) >= 11 is 5.84. The third-order valence-corrected chi connectivity index (χ3v) is 3.09. The fourth-order valence-electron chi connectivity index (χ4n) is 2.07. The van der Waals surface area contributed by atoms with Gasteiger partial charge in [0, 0.05) is 23.3 Å². The number of nitrogens with one attached hydrogen (secondary N) is 1. The predicted molar refractivity (Wildman–Crippen MR) is 65.6 cm³/mol. The molecule has 15 heavy (non-hydrogen) atoms. The summed E-state index contributed by atoms with van der Waals surface area (Å²) in [6.07, 6.45) is 2.54. The number of piperidine rings is 1. The van der Waals surface area contributed by atoms with Gasteiger partial charge in [-0.25, -0.2) is 0 Å². The number of halogens is 1. The van der Waals surface area contributed by atoms with Gasteiger partial charge in [0.2, 0.25) is 0 Å². The Kier molecular flexibility index (Phi) is 3.49. The van der Waals surface area contributed by atoms with Gasteiger partial charge < -0.3 is 10.2 Å². The minimum absolute atomic E-state index is 0.574. The lowest BCUT2D eigenvalue weighted by atomic mass is 10.1. The Morgan fingerprint density at radius 3 is 2.73 bits per heavy atom. The smallest absolute Gasteiger partial charge is 0.0407 e. The second-order valence-electron chi connectivity index (χ2n) is 4.25. The lowest BCUT2D eigenvalue weighted by Crippen LogP contribution is -2.39. The van der Waals surface area contributed by atoms with Crippen molar-refractivity contribution in [1.29, 1.82) is 0 Å². The number of likely N-dealkylation sites (N-methyl/N-ethyl adjacent to an activating group) is 1. The van der Waals surface area contributed by atoms with Crippen molar-refractivity contribution in [2.24, 2.45) is 0 Å². The maximum atomic E-state index is 5.84. The van der Waals surface area contributed by atoms with Crippen LogP contribution in [-0.4, -0.2) is 31.1 Å². The first kappa shape index (κ1) is 10.8. The summed E-state index contributed by atoms with van der Waals surface area (Å²) in [5, 5.41) is 4.33. The van der Waals surface area contributed by atoms with Gasteiger partial charge in [-0.15, -0.1) is 0 Å². The fourth-order valence-corrected chi connectivity index (χ4v) is 2.19. The number of likely N-dealkylation sites (tertiary alicyclic amines) is 1. The molecule has 1 saturated heterocycles. The van der Waals surface area contributed by atoms with E-state index in [0.717, 1.165) is 11.6 Å². The van der Waals surface area contributed by atoms with Crippen molar-refractivity contribution < 1.29 is 0 Å². The summed E-state index contributed by atoms with van der Waals surface area (Å²) < 4.78 is 0. The second kappa shape index (κ2) is 4.86. The van der Waals surface area contributed by atoms with Crippen LogP contribution >= 0.6 is 11.6 Å². The van der Waals surface area contributed by atoms with Crippen molar-refractivity contribution >= 4 is 17.3 Å².